The molecular weight excluding hydrogens is 647 g/mol. The molecule has 52 heavy (non-hydrogen) atoms. The second-order valence-corrected chi connectivity index (χ2v) is 19.0. The molecule has 0 amide bonds. The van der Waals surface area contributed by atoms with Crippen LogP contribution in [-0.4, -0.2) is 55.7 Å². The van der Waals surface area contributed by atoms with Gasteiger partial charge in [0.1, 0.15) is 0 Å². The first-order valence-electron chi connectivity index (χ1n) is 21.0. The Balaban J connectivity index is 1.16. The van der Waals surface area contributed by atoms with E-state index in [1.807, 2.05) is 0 Å². The van der Waals surface area contributed by atoms with Gasteiger partial charge in [0.05, 0.1) is 33.8 Å². The Morgan fingerprint density at radius 2 is 1.71 bits per heavy atom. The zero-order valence-corrected chi connectivity index (χ0v) is 33.5. The summed E-state index contributed by atoms with van der Waals surface area (Å²) in [4.78, 5) is 8.78. The van der Waals surface area contributed by atoms with E-state index >= 15 is 0 Å². The number of fused-ring (bicyclic) bond motifs is 8. The SMILES string of the molecule is CCC1N(c2ccc3ccccc3c2)C2C=CC=CC2N1C(C1=CC2C1C1CCC=CC1C1CC(CC(C)C)C([Si]C)=CN21)C1C=CC[C@@H](C)[C@H]1C. The van der Waals surface area contributed by atoms with Gasteiger partial charge in [-0.3, -0.25) is 4.90 Å². The quantitative estimate of drug-likeness (QED) is 0.200. The van der Waals surface area contributed by atoms with Crippen molar-refractivity contribution in [2.24, 2.45) is 47.3 Å². The molecule has 0 spiro atoms. The molecule has 2 saturated heterocycles. The summed E-state index contributed by atoms with van der Waals surface area (Å²) in [6, 6.07) is 18.4. The van der Waals surface area contributed by atoms with Crippen LogP contribution in [0.4, 0.5) is 5.69 Å². The summed E-state index contributed by atoms with van der Waals surface area (Å²) in [5, 5.41) is 4.39. The molecule has 2 radical (unpaired) electrons. The van der Waals surface area contributed by atoms with Gasteiger partial charge in [-0.1, -0.05) is 131 Å². The van der Waals surface area contributed by atoms with Crippen molar-refractivity contribution in [2.75, 3.05) is 4.90 Å². The zero-order valence-electron chi connectivity index (χ0n) is 32.5. The van der Waals surface area contributed by atoms with Crippen LogP contribution in [0.3, 0.4) is 0 Å². The van der Waals surface area contributed by atoms with Crippen molar-refractivity contribution in [3.8, 4) is 0 Å². The number of anilines is 1. The Hall–Kier alpha value is -3.08. The van der Waals surface area contributed by atoms with Gasteiger partial charge in [0.25, 0.3) is 0 Å². The molecule has 0 aromatic heterocycles. The molecule has 2 aromatic rings. The molecule has 0 bridgehead atoms. The van der Waals surface area contributed by atoms with Crippen molar-refractivity contribution in [3.05, 3.63) is 114 Å². The summed E-state index contributed by atoms with van der Waals surface area (Å²) >= 11 is 0. The van der Waals surface area contributed by atoms with E-state index < -0.39 is 0 Å². The van der Waals surface area contributed by atoms with Crippen LogP contribution in [0.1, 0.15) is 73.1 Å². The summed E-state index contributed by atoms with van der Waals surface area (Å²) in [5.74, 6) is 5.38. The minimum absolute atomic E-state index is 0.323. The van der Waals surface area contributed by atoms with E-state index in [0.29, 0.717) is 66.0 Å². The highest BCUT2D eigenvalue weighted by atomic mass is 28.2. The predicted octanol–water partition coefficient (Wildman–Crippen LogP) is 10.6. The van der Waals surface area contributed by atoms with Gasteiger partial charge >= 0.3 is 0 Å². The molecule has 3 nitrogen and oxygen atoms in total. The van der Waals surface area contributed by atoms with Crippen LogP contribution < -0.4 is 4.90 Å². The molecule has 4 heteroatoms. The first-order valence-corrected chi connectivity index (χ1v) is 22.5. The van der Waals surface area contributed by atoms with Crippen LogP contribution in [0.15, 0.2) is 114 Å². The molecule has 0 saturated carbocycles. The van der Waals surface area contributed by atoms with Crippen molar-refractivity contribution < 1.29 is 0 Å². The fourth-order valence-corrected chi connectivity index (χ4v) is 13.1. The highest BCUT2D eigenvalue weighted by molar-refractivity contribution is 6.43. The van der Waals surface area contributed by atoms with Crippen molar-refractivity contribution in [2.45, 2.75) is 116 Å². The van der Waals surface area contributed by atoms with Crippen molar-refractivity contribution in [3.63, 3.8) is 0 Å². The number of nitrogens with zero attached hydrogens (tertiary/aromatic N) is 3. The molecule has 4 aliphatic carbocycles. The van der Waals surface area contributed by atoms with Crippen molar-refractivity contribution >= 4 is 26.0 Å². The second-order valence-electron chi connectivity index (χ2n) is 17.9. The summed E-state index contributed by atoms with van der Waals surface area (Å²) < 4.78 is 0. The van der Waals surface area contributed by atoms with E-state index in [1.54, 1.807) is 10.8 Å². The largest absolute Gasteiger partial charge is 0.367 e. The molecule has 11 unspecified atom stereocenters. The zero-order chi connectivity index (χ0) is 35.7. The first-order chi connectivity index (χ1) is 25.4. The lowest BCUT2D eigenvalue weighted by atomic mass is 9.55. The van der Waals surface area contributed by atoms with Gasteiger partial charge in [0.2, 0.25) is 0 Å². The highest BCUT2D eigenvalue weighted by Gasteiger charge is 2.59. The van der Waals surface area contributed by atoms with Gasteiger partial charge in [-0.25, -0.2) is 0 Å². The van der Waals surface area contributed by atoms with Crippen LogP contribution in [0.5, 0.6) is 0 Å². The number of piperidine rings is 1. The Morgan fingerprint density at radius 1 is 0.904 bits per heavy atom. The normalized spacial score (nSPS) is 38.4. The lowest BCUT2D eigenvalue weighted by Crippen LogP contribution is -2.65. The van der Waals surface area contributed by atoms with E-state index in [0.717, 1.165) is 33.7 Å². The molecular formula is C48H61N3Si. The number of allylic oxidation sites excluding steroid dienone is 5. The van der Waals surface area contributed by atoms with Gasteiger partial charge in [-0.2, -0.15) is 0 Å². The van der Waals surface area contributed by atoms with E-state index in [-0.39, 0.29) is 0 Å². The van der Waals surface area contributed by atoms with E-state index in [4.69, 9.17) is 0 Å². The topological polar surface area (TPSA) is 9.72 Å². The minimum atomic E-state index is 0.323. The molecule has 2 fully saturated rings. The molecule has 0 N–H and O–H groups in total. The van der Waals surface area contributed by atoms with Gasteiger partial charge in [0.15, 0.2) is 0 Å². The second kappa shape index (κ2) is 14.0. The Morgan fingerprint density at radius 3 is 2.50 bits per heavy atom. The Bertz CT molecular complexity index is 1830. The number of benzene rings is 2. The Labute approximate surface area is 317 Å². The van der Waals surface area contributed by atoms with Crippen LogP contribution in [0.2, 0.25) is 6.55 Å². The monoisotopic (exact) mass is 707 g/mol. The lowest BCUT2D eigenvalue weighted by molar-refractivity contribution is -0.0183. The van der Waals surface area contributed by atoms with Crippen LogP contribution in [0.25, 0.3) is 10.8 Å². The fourth-order valence-electron chi connectivity index (χ4n) is 12.2. The van der Waals surface area contributed by atoms with Gasteiger partial charge in [-0.15, -0.1) is 0 Å². The number of hydrogen-bond acceptors (Lipinski definition) is 3. The maximum Gasteiger partial charge on any atom is 0.0835 e. The van der Waals surface area contributed by atoms with Crippen LogP contribution in [-0.2, 0) is 0 Å². The number of rotatable bonds is 8. The maximum atomic E-state index is 3.05. The minimum Gasteiger partial charge on any atom is -0.367 e. The third-order valence-corrected chi connectivity index (χ3v) is 15.9. The molecule has 2 aromatic carbocycles. The van der Waals surface area contributed by atoms with Gasteiger partial charge in [0, 0.05) is 29.6 Å². The average molecular weight is 708 g/mol. The molecule has 272 valence electrons. The van der Waals surface area contributed by atoms with Gasteiger partial charge in [-0.05, 0) is 109 Å². The van der Waals surface area contributed by atoms with E-state index in [2.05, 4.69) is 159 Å². The fraction of sp³-hybridized carbons (Fsp3) is 0.542. The third kappa shape index (κ3) is 5.60. The summed E-state index contributed by atoms with van der Waals surface area (Å²) in [7, 11) is 0.905. The highest BCUT2D eigenvalue weighted by Crippen LogP contribution is 2.58. The maximum absolute atomic E-state index is 3.05. The van der Waals surface area contributed by atoms with E-state index in [9.17, 15) is 0 Å². The molecule has 3 heterocycles. The smallest absolute Gasteiger partial charge is 0.0835 e. The molecule has 9 rings (SSSR count). The third-order valence-electron chi connectivity index (χ3n) is 14.8. The first kappa shape index (κ1) is 34.7. The van der Waals surface area contributed by atoms with Crippen molar-refractivity contribution in [1.82, 2.24) is 9.80 Å². The average Bonchev–Trinajstić information content (AvgIpc) is 3.48. The van der Waals surface area contributed by atoms with Crippen molar-refractivity contribution in [1.29, 1.82) is 0 Å². The summed E-state index contributed by atoms with van der Waals surface area (Å²) in [6.45, 7) is 14.8. The summed E-state index contributed by atoms with van der Waals surface area (Å²) in [6.07, 6.45) is 33.6. The number of hydrogen-bond donors (Lipinski definition) is 0. The molecule has 7 aliphatic rings. The van der Waals surface area contributed by atoms with Crippen LogP contribution in [0, 0.1) is 47.3 Å². The van der Waals surface area contributed by atoms with E-state index in [1.165, 1.54) is 48.6 Å². The molecule has 3 aliphatic heterocycles. The Kier molecular flexibility index (Phi) is 9.31. The lowest BCUT2D eigenvalue weighted by Gasteiger charge is -2.63. The molecule has 13 atom stereocenters. The van der Waals surface area contributed by atoms with Gasteiger partial charge < -0.3 is 9.80 Å². The standard InChI is InChI=1S/C48H61N3Si/c1-7-46-50(36-24-23-33-16-8-9-17-34(33)26-36)41-21-12-13-22-42(41)51(46)48(37-20-14-15-31(4)32(37)5)40-28-44-47(40)39-19-11-10-18-38(39)43-27-35(25-30(2)3)45(52-6)29-49(43)44/h8-10,12-14,16-18,20-24,26,28-32,35,37-39,41-44,46-48H,7,11,15,19,25,27H2,1-6H3/t31-,32-,35?,37?,38?,39?,41?,42?,43?,44?,46?,47?,48?/m1/s1. The van der Waals surface area contributed by atoms with Crippen LogP contribution >= 0.6 is 0 Å². The predicted molar refractivity (Wildman–Crippen MR) is 221 cm³/mol. The summed E-state index contributed by atoms with van der Waals surface area (Å²) in [5.41, 5.74) is 3.14.